The van der Waals surface area contributed by atoms with Crippen LogP contribution in [0, 0.1) is 12.8 Å². The van der Waals surface area contributed by atoms with Crippen LogP contribution in [0.4, 0.5) is 4.79 Å². The van der Waals surface area contributed by atoms with Crippen LogP contribution in [0.1, 0.15) is 25.0 Å². The fourth-order valence-corrected chi connectivity index (χ4v) is 2.31. The highest BCUT2D eigenvalue weighted by molar-refractivity contribution is 7.08. The van der Waals surface area contributed by atoms with E-state index in [0.717, 1.165) is 11.1 Å². The molecule has 0 unspecified atom stereocenters. The first-order valence-electron chi connectivity index (χ1n) is 5.70. The van der Waals surface area contributed by atoms with Gasteiger partial charge in [0, 0.05) is 6.54 Å². The zero-order valence-electron chi connectivity index (χ0n) is 10.7. The number of carbonyl (C=O) groups is 2. The highest BCUT2D eigenvalue weighted by Crippen LogP contribution is 2.12. The van der Waals surface area contributed by atoms with Crippen molar-refractivity contribution in [2.45, 2.75) is 33.4 Å². The van der Waals surface area contributed by atoms with Gasteiger partial charge < -0.3 is 15.7 Å². The first-order chi connectivity index (χ1) is 8.41. The number of carboxylic acids is 1. The summed E-state index contributed by atoms with van der Waals surface area (Å²) in [5.41, 5.74) is 2.17. The third-order valence-corrected chi connectivity index (χ3v) is 3.53. The predicted octanol–water partition coefficient (Wildman–Crippen LogP) is 1.96. The van der Waals surface area contributed by atoms with Gasteiger partial charge in [0.2, 0.25) is 0 Å². The average molecular weight is 270 g/mol. The van der Waals surface area contributed by atoms with E-state index in [9.17, 15) is 9.59 Å². The molecule has 6 heteroatoms. The summed E-state index contributed by atoms with van der Waals surface area (Å²) in [6.45, 7) is 5.88. The molecule has 18 heavy (non-hydrogen) atoms. The summed E-state index contributed by atoms with van der Waals surface area (Å²) >= 11 is 1.58. The number of nitrogens with one attached hydrogen (secondary N) is 2. The maximum Gasteiger partial charge on any atom is 0.326 e. The van der Waals surface area contributed by atoms with Crippen LogP contribution in [0.3, 0.4) is 0 Å². The smallest absolute Gasteiger partial charge is 0.326 e. The van der Waals surface area contributed by atoms with Crippen LogP contribution in [0.2, 0.25) is 0 Å². The first kappa shape index (κ1) is 14.5. The van der Waals surface area contributed by atoms with Crippen LogP contribution in [0.5, 0.6) is 0 Å². The van der Waals surface area contributed by atoms with Gasteiger partial charge in [-0.2, -0.15) is 11.3 Å². The Kier molecular flexibility index (Phi) is 5.15. The largest absolute Gasteiger partial charge is 0.480 e. The predicted molar refractivity (Wildman–Crippen MR) is 70.7 cm³/mol. The van der Waals surface area contributed by atoms with Crippen LogP contribution in [-0.2, 0) is 11.3 Å². The highest BCUT2D eigenvalue weighted by atomic mass is 32.1. The summed E-state index contributed by atoms with van der Waals surface area (Å²) < 4.78 is 0. The van der Waals surface area contributed by atoms with E-state index in [-0.39, 0.29) is 5.92 Å². The molecule has 0 aliphatic rings. The van der Waals surface area contributed by atoms with Crippen molar-refractivity contribution < 1.29 is 14.7 Å². The monoisotopic (exact) mass is 270 g/mol. The molecule has 0 spiro atoms. The van der Waals surface area contributed by atoms with Gasteiger partial charge in [-0.15, -0.1) is 0 Å². The molecular formula is C12H18N2O3S. The minimum atomic E-state index is -1.02. The van der Waals surface area contributed by atoms with E-state index in [4.69, 9.17) is 5.11 Å². The highest BCUT2D eigenvalue weighted by Gasteiger charge is 2.23. The Hall–Kier alpha value is -1.56. The third-order valence-electron chi connectivity index (χ3n) is 2.62. The second-order valence-electron chi connectivity index (χ2n) is 4.47. The van der Waals surface area contributed by atoms with Crippen molar-refractivity contribution in [1.82, 2.24) is 10.6 Å². The molecule has 1 rings (SSSR count). The minimum Gasteiger partial charge on any atom is -0.480 e. The summed E-state index contributed by atoms with van der Waals surface area (Å²) in [5.74, 6) is -1.18. The lowest BCUT2D eigenvalue weighted by molar-refractivity contribution is -0.140. The van der Waals surface area contributed by atoms with Gasteiger partial charge in [-0.3, -0.25) is 0 Å². The second-order valence-corrected chi connectivity index (χ2v) is 5.21. The number of carbonyl (C=O) groups excluding carboxylic acids is 1. The van der Waals surface area contributed by atoms with E-state index < -0.39 is 18.0 Å². The van der Waals surface area contributed by atoms with Crippen molar-refractivity contribution in [1.29, 1.82) is 0 Å². The van der Waals surface area contributed by atoms with Gasteiger partial charge >= 0.3 is 12.0 Å². The van der Waals surface area contributed by atoms with Crippen molar-refractivity contribution in [3.8, 4) is 0 Å². The van der Waals surface area contributed by atoms with E-state index in [1.165, 1.54) is 0 Å². The van der Waals surface area contributed by atoms with Crippen LogP contribution in [-0.4, -0.2) is 23.1 Å². The molecule has 0 bridgehead atoms. The summed E-state index contributed by atoms with van der Waals surface area (Å²) in [6.07, 6.45) is 0. The molecule has 3 N–H and O–H groups in total. The van der Waals surface area contributed by atoms with E-state index in [2.05, 4.69) is 10.6 Å². The summed E-state index contributed by atoms with van der Waals surface area (Å²) in [4.78, 5) is 22.5. The molecule has 0 aliphatic carbocycles. The van der Waals surface area contributed by atoms with Gasteiger partial charge in [-0.05, 0) is 34.7 Å². The number of hydrogen-bond donors (Lipinski definition) is 3. The minimum absolute atomic E-state index is 0.156. The molecular weight excluding hydrogens is 252 g/mol. The molecule has 1 heterocycles. The Morgan fingerprint density at radius 3 is 2.50 bits per heavy atom. The van der Waals surface area contributed by atoms with Crippen molar-refractivity contribution in [3.63, 3.8) is 0 Å². The Labute approximate surface area is 110 Å². The molecule has 0 aromatic carbocycles. The lowest BCUT2D eigenvalue weighted by Gasteiger charge is -2.18. The van der Waals surface area contributed by atoms with Crippen LogP contribution < -0.4 is 10.6 Å². The van der Waals surface area contributed by atoms with Gasteiger partial charge in [-0.25, -0.2) is 9.59 Å². The number of amides is 2. The van der Waals surface area contributed by atoms with Crippen molar-refractivity contribution in [2.24, 2.45) is 5.92 Å². The molecule has 0 saturated heterocycles. The number of urea groups is 1. The molecule has 1 aromatic heterocycles. The average Bonchev–Trinajstić information content (AvgIpc) is 2.68. The Morgan fingerprint density at radius 1 is 1.39 bits per heavy atom. The molecule has 0 aliphatic heterocycles. The molecule has 0 saturated carbocycles. The van der Waals surface area contributed by atoms with Gasteiger partial charge in [0.15, 0.2) is 0 Å². The Balaban J connectivity index is 2.46. The van der Waals surface area contributed by atoms with Crippen LogP contribution in [0.25, 0.3) is 0 Å². The SMILES string of the molecule is Cc1cscc1CNC(=O)N[C@@H](C(=O)O)C(C)C. The maximum absolute atomic E-state index is 11.6. The van der Waals surface area contributed by atoms with Crippen molar-refractivity contribution in [3.05, 3.63) is 21.9 Å². The summed E-state index contributed by atoms with van der Waals surface area (Å²) in [7, 11) is 0. The van der Waals surface area contributed by atoms with Gasteiger partial charge in [-0.1, -0.05) is 13.8 Å². The molecule has 100 valence electrons. The van der Waals surface area contributed by atoms with Crippen molar-refractivity contribution in [2.75, 3.05) is 0 Å². The van der Waals surface area contributed by atoms with Gasteiger partial charge in [0.05, 0.1) is 0 Å². The molecule has 1 aromatic rings. The molecule has 1 atom stereocenters. The van der Waals surface area contributed by atoms with Crippen LogP contribution in [0.15, 0.2) is 10.8 Å². The van der Waals surface area contributed by atoms with Crippen molar-refractivity contribution >= 4 is 23.3 Å². The number of thiophene rings is 1. The Morgan fingerprint density at radius 2 is 2.06 bits per heavy atom. The second kappa shape index (κ2) is 6.39. The quantitative estimate of drug-likeness (QED) is 0.765. The van der Waals surface area contributed by atoms with Gasteiger partial charge in [0.1, 0.15) is 6.04 Å². The number of aliphatic carboxylic acids is 1. The fraction of sp³-hybridized carbons (Fsp3) is 0.500. The fourth-order valence-electron chi connectivity index (χ4n) is 1.45. The van der Waals surface area contributed by atoms with E-state index in [0.29, 0.717) is 6.54 Å². The maximum atomic E-state index is 11.6. The molecule has 2 amide bonds. The summed E-state index contributed by atoms with van der Waals surface area (Å²) in [5, 5.41) is 18.0. The lowest BCUT2D eigenvalue weighted by atomic mass is 10.1. The standard InChI is InChI=1S/C12H18N2O3S/c1-7(2)10(11(15)16)14-12(17)13-4-9-6-18-5-8(9)3/h5-7,10H,4H2,1-3H3,(H,15,16)(H2,13,14,17)/t10-/m1/s1. The zero-order chi connectivity index (χ0) is 13.7. The van der Waals surface area contributed by atoms with E-state index in [1.807, 2.05) is 17.7 Å². The third kappa shape index (κ3) is 4.03. The zero-order valence-corrected chi connectivity index (χ0v) is 11.5. The van der Waals surface area contributed by atoms with E-state index in [1.54, 1.807) is 25.2 Å². The lowest BCUT2D eigenvalue weighted by Crippen LogP contribution is -2.48. The normalized spacial score (nSPS) is 12.2. The number of hydrogen-bond acceptors (Lipinski definition) is 3. The van der Waals surface area contributed by atoms with Crippen LogP contribution >= 0.6 is 11.3 Å². The number of carboxylic acid groups (broad SMARTS) is 1. The number of rotatable bonds is 5. The summed E-state index contributed by atoms with van der Waals surface area (Å²) in [6, 6.07) is -1.32. The molecule has 0 fully saturated rings. The molecule has 5 nitrogen and oxygen atoms in total. The first-order valence-corrected chi connectivity index (χ1v) is 6.65. The van der Waals surface area contributed by atoms with Gasteiger partial charge in [0.25, 0.3) is 0 Å². The topological polar surface area (TPSA) is 78.4 Å². The molecule has 0 radical (unpaired) electrons. The number of aryl methyl sites for hydroxylation is 1. The Bertz CT molecular complexity index is 429. The van der Waals surface area contributed by atoms with E-state index >= 15 is 0 Å².